The standard InChI is InChI=1S/C11H14BrClS/c1-7-6-9(12)11(14-7)10(13)8-4-2-3-5-8/h6,8,10H,2-5H2,1H3. The van der Waals surface area contributed by atoms with Crippen molar-refractivity contribution in [1.82, 2.24) is 0 Å². The molecule has 3 heteroatoms. The second kappa shape index (κ2) is 4.54. The van der Waals surface area contributed by atoms with Crippen LogP contribution in [-0.4, -0.2) is 0 Å². The Morgan fingerprint density at radius 2 is 2.14 bits per heavy atom. The Balaban J connectivity index is 2.17. The predicted molar refractivity (Wildman–Crippen MR) is 67.3 cm³/mol. The van der Waals surface area contributed by atoms with Crippen molar-refractivity contribution in [3.63, 3.8) is 0 Å². The Morgan fingerprint density at radius 1 is 1.50 bits per heavy atom. The highest BCUT2D eigenvalue weighted by Gasteiger charge is 2.27. The molecule has 1 atom stereocenters. The van der Waals surface area contributed by atoms with E-state index >= 15 is 0 Å². The lowest BCUT2D eigenvalue weighted by Crippen LogP contribution is -2.01. The molecule has 0 aliphatic heterocycles. The van der Waals surface area contributed by atoms with Gasteiger partial charge in [-0.25, -0.2) is 0 Å². The van der Waals surface area contributed by atoms with E-state index in [1.54, 1.807) is 0 Å². The topological polar surface area (TPSA) is 0 Å². The second-order valence-corrected chi connectivity index (χ2v) is 6.63. The predicted octanol–water partition coefficient (Wildman–Crippen LogP) is 5.29. The number of rotatable bonds is 2. The zero-order valence-corrected chi connectivity index (χ0v) is 11.4. The average molecular weight is 294 g/mol. The van der Waals surface area contributed by atoms with Gasteiger partial charge in [0.1, 0.15) is 0 Å². The number of thiophene rings is 1. The summed E-state index contributed by atoms with van der Waals surface area (Å²) in [7, 11) is 0. The van der Waals surface area contributed by atoms with Gasteiger partial charge in [0.2, 0.25) is 0 Å². The van der Waals surface area contributed by atoms with Crippen molar-refractivity contribution in [2.75, 3.05) is 0 Å². The third-order valence-corrected chi connectivity index (χ3v) is 5.66. The largest absolute Gasteiger partial charge is 0.143 e. The van der Waals surface area contributed by atoms with Crippen LogP contribution in [0, 0.1) is 12.8 Å². The first-order chi connectivity index (χ1) is 6.68. The van der Waals surface area contributed by atoms with E-state index in [4.69, 9.17) is 11.6 Å². The van der Waals surface area contributed by atoms with E-state index in [0.29, 0.717) is 5.92 Å². The summed E-state index contributed by atoms with van der Waals surface area (Å²) in [5.74, 6) is 0.700. The fourth-order valence-corrected chi connectivity index (χ4v) is 4.76. The Labute approximate surface area is 103 Å². The third kappa shape index (κ3) is 2.17. The summed E-state index contributed by atoms with van der Waals surface area (Å²) >= 11 is 11.9. The van der Waals surface area contributed by atoms with Gasteiger partial charge in [0.15, 0.2) is 0 Å². The summed E-state index contributed by atoms with van der Waals surface area (Å²) in [6, 6.07) is 2.17. The molecule has 2 rings (SSSR count). The lowest BCUT2D eigenvalue weighted by atomic mass is 10.0. The van der Waals surface area contributed by atoms with E-state index in [-0.39, 0.29) is 5.38 Å². The molecule has 1 fully saturated rings. The number of halogens is 2. The molecule has 1 aliphatic carbocycles. The highest BCUT2D eigenvalue weighted by atomic mass is 79.9. The van der Waals surface area contributed by atoms with E-state index in [1.807, 2.05) is 11.3 Å². The molecule has 14 heavy (non-hydrogen) atoms. The second-order valence-electron chi connectivity index (χ2n) is 4.02. The van der Waals surface area contributed by atoms with Crippen molar-refractivity contribution in [3.8, 4) is 0 Å². The van der Waals surface area contributed by atoms with Gasteiger partial charge >= 0.3 is 0 Å². The molecule has 0 radical (unpaired) electrons. The van der Waals surface area contributed by atoms with Crippen molar-refractivity contribution >= 4 is 38.9 Å². The van der Waals surface area contributed by atoms with Gasteiger partial charge in [0.25, 0.3) is 0 Å². The molecule has 0 nitrogen and oxygen atoms in total. The first kappa shape index (κ1) is 11.0. The van der Waals surface area contributed by atoms with Gasteiger partial charge in [-0.15, -0.1) is 22.9 Å². The van der Waals surface area contributed by atoms with Crippen LogP contribution >= 0.6 is 38.9 Å². The molecule has 1 aromatic heterocycles. The average Bonchev–Trinajstić information content (AvgIpc) is 2.73. The van der Waals surface area contributed by atoms with Crippen molar-refractivity contribution in [2.24, 2.45) is 5.92 Å². The smallest absolute Gasteiger partial charge is 0.0718 e. The van der Waals surface area contributed by atoms with Crippen molar-refractivity contribution in [2.45, 2.75) is 38.0 Å². The van der Waals surface area contributed by atoms with Gasteiger partial charge in [0, 0.05) is 14.2 Å². The SMILES string of the molecule is Cc1cc(Br)c(C(Cl)C2CCCC2)s1. The van der Waals surface area contributed by atoms with Crippen LogP contribution in [0.5, 0.6) is 0 Å². The number of hydrogen-bond acceptors (Lipinski definition) is 1. The van der Waals surface area contributed by atoms with Gasteiger partial charge in [-0.3, -0.25) is 0 Å². The normalized spacial score (nSPS) is 20.2. The van der Waals surface area contributed by atoms with Crippen LogP contribution in [0.4, 0.5) is 0 Å². The van der Waals surface area contributed by atoms with Crippen LogP contribution in [-0.2, 0) is 0 Å². The molecule has 0 amide bonds. The maximum Gasteiger partial charge on any atom is 0.0718 e. The highest BCUT2D eigenvalue weighted by Crippen LogP contribution is 2.45. The lowest BCUT2D eigenvalue weighted by Gasteiger charge is -2.15. The van der Waals surface area contributed by atoms with E-state index < -0.39 is 0 Å². The molecule has 1 saturated carbocycles. The molecular weight excluding hydrogens is 280 g/mol. The Kier molecular flexibility index (Phi) is 3.56. The van der Waals surface area contributed by atoms with Crippen LogP contribution in [0.25, 0.3) is 0 Å². The molecule has 78 valence electrons. The first-order valence-electron chi connectivity index (χ1n) is 5.08. The molecule has 1 unspecified atom stereocenters. The molecule has 1 aliphatic rings. The minimum absolute atomic E-state index is 0.227. The zero-order valence-electron chi connectivity index (χ0n) is 8.22. The van der Waals surface area contributed by atoms with Crippen LogP contribution in [0.1, 0.15) is 40.8 Å². The van der Waals surface area contributed by atoms with Crippen molar-refractivity contribution in [3.05, 3.63) is 20.3 Å². The van der Waals surface area contributed by atoms with E-state index in [0.717, 1.165) is 0 Å². The maximum absolute atomic E-state index is 6.51. The van der Waals surface area contributed by atoms with Crippen LogP contribution in [0.2, 0.25) is 0 Å². The monoisotopic (exact) mass is 292 g/mol. The van der Waals surface area contributed by atoms with E-state index in [9.17, 15) is 0 Å². The summed E-state index contributed by atoms with van der Waals surface area (Å²) in [5, 5.41) is 0.227. The molecule has 0 N–H and O–H groups in total. The van der Waals surface area contributed by atoms with Crippen LogP contribution in [0.3, 0.4) is 0 Å². The fraction of sp³-hybridized carbons (Fsp3) is 0.636. The van der Waals surface area contributed by atoms with Gasteiger partial charge < -0.3 is 0 Å². The van der Waals surface area contributed by atoms with Gasteiger partial charge in [-0.05, 0) is 47.7 Å². The van der Waals surface area contributed by atoms with Crippen molar-refractivity contribution < 1.29 is 0 Å². The van der Waals surface area contributed by atoms with Crippen LogP contribution < -0.4 is 0 Å². The molecular formula is C11H14BrClS. The molecule has 1 aromatic rings. The van der Waals surface area contributed by atoms with Crippen LogP contribution in [0.15, 0.2) is 10.5 Å². The highest BCUT2D eigenvalue weighted by molar-refractivity contribution is 9.10. The van der Waals surface area contributed by atoms with Gasteiger partial charge in [0.05, 0.1) is 5.38 Å². The summed E-state index contributed by atoms with van der Waals surface area (Å²) in [4.78, 5) is 2.67. The van der Waals surface area contributed by atoms with E-state index in [2.05, 4.69) is 28.9 Å². The fourth-order valence-electron chi connectivity index (χ4n) is 2.15. The van der Waals surface area contributed by atoms with E-state index in [1.165, 1.54) is 39.9 Å². The molecule has 0 aromatic carbocycles. The van der Waals surface area contributed by atoms with Gasteiger partial charge in [-0.2, -0.15) is 0 Å². The quantitative estimate of drug-likeness (QED) is 0.650. The summed E-state index contributed by atoms with van der Waals surface area (Å²) in [6.45, 7) is 2.14. The lowest BCUT2D eigenvalue weighted by molar-refractivity contribution is 0.533. The Bertz CT molecular complexity index is 315. The molecule has 0 spiro atoms. The Hall–Kier alpha value is 0.470. The first-order valence-corrected chi connectivity index (χ1v) is 7.13. The van der Waals surface area contributed by atoms with Gasteiger partial charge in [-0.1, -0.05) is 12.8 Å². The zero-order chi connectivity index (χ0) is 10.1. The third-order valence-electron chi connectivity index (χ3n) is 2.90. The summed E-state index contributed by atoms with van der Waals surface area (Å²) in [5.41, 5.74) is 0. The number of alkyl halides is 1. The maximum atomic E-state index is 6.51. The molecule has 1 heterocycles. The molecule has 0 bridgehead atoms. The van der Waals surface area contributed by atoms with Crippen molar-refractivity contribution in [1.29, 1.82) is 0 Å². The Morgan fingerprint density at radius 3 is 2.64 bits per heavy atom. The number of hydrogen-bond donors (Lipinski definition) is 0. The summed E-state index contributed by atoms with van der Waals surface area (Å²) in [6.07, 6.45) is 5.32. The molecule has 0 saturated heterocycles. The minimum atomic E-state index is 0.227. The minimum Gasteiger partial charge on any atom is -0.143 e. The summed E-state index contributed by atoms with van der Waals surface area (Å²) < 4.78 is 1.20. The number of aryl methyl sites for hydroxylation is 1.